The van der Waals surface area contributed by atoms with E-state index in [2.05, 4.69) is 26.5 Å². The molecular weight excluding hydrogens is 420 g/mol. The van der Waals surface area contributed by atoms with Crippen LogP contribution in [0.25, 0.3) is 0 Å². The van der Waals surface area contributed by atoms with Gasteiger partial charge in [0.1, 0.15) is 5.75 Å². The fourth-order valence-corrected chi connectivity index (χ4v) is 2.65. The molecule has 5 nitrogen and oxygen atoms in total. The fourth-order valence-electron chi connectivity index (χ4n) is 2.39. The van der Waals surface area contributed by atoms with Gasteiger partial charge in [0, 0.05) is 10.0 Å². The van der Waals surface area contributed by atoms with E-state index in [9.17, 15) is 9.59 Å². The molecule has 0 aliphatic heterocycles. The van der Waals surface area contributed by atoms with Crippen LogP contribution in [0.4, 0.5) is 0 Å². The largest absolute Gasteiger partial charge is 0.423 e. The number of hydrogen-bond acceptors (Lipinski definition) is 4. The van der Waals surface area contributed by atoms with Gasteiger partial charge in [-0.25, -0.2) is 10.2 Å². The Morgan fingerprint density at radius 1 is 0.964 bits per heavy atom. The van der Waals surface area contributed by atoms with Gasteiger partial charge in [0.05, 0.1) is 11.8 Å². The third kappa shape index (κ3) is 5.37. The molecule has 3 rings (SSSR count). The summed E-state index contributed by atoms with van der Waals surface area (Å²) in [5.74, 6) is -0.284. The second kappa shape index (κ2) is 9.10. The second-order valence-electron chi connectivity index (χ2n) is 6.03. The zero-order valence-corrected chi connectivity index (χ0v) is 16.6. The minimum Gasteiger partial charge on any atom is -0.423 e. The number of hydrogen-bond donors (Lipinski definition) is 1. The standard InChI is InChI=1S/C22H17BrN2O3/c1-15-3-2-4-18(13-15)21(26)25-24-14-16-5-11-20(12-6-16)28-22(27)17-7-9-19(23)10-8-17/h2-14H,1H3,(H,25,26)/b24-14+. The van der Waals surface area contributed by atoms with E-state index in [0.717, 1.165) is 15.6 Å². The molecule has 0 aromatic heterocycles. The maximum absolute atomic E-state index is 12.1. The maximum atomic E-state index is 12.1. The van der Waals surface area contributed by atoms with Crippen LogP contribution in [-0.2, 0) is 0 Å². The van der Waals surface area contributed by atoms with Crippen LogP contribution in [0.2, 0.25) is 0 Å². The van der Waals surface area contributed by atoms with Crippen LogP contribution < -0.4 is 10.2 Å². The number of amides is 1. The van der Waals surface area contributed by atoms with Crippen molar-refractivity contribution in [3.05, 3.63) is 99.5 Å². The normalized spacial score (nSPS) is 10.6. The highest BCUT2D eigenvalue weighted by atomic mass is 79.9. The molecule has 0 aliphatic carbocycles. The van der Waals surface area contributed by atoms with E-state index in [1.54, 1.807) is 60.7 Å². The smallest absolute Gasteiger partial charge is 0.343 e. The molecule has 0 spiro atoms. The molecule has 0 atom stereocenters. The van der Waals surface area contributed by atoms with Gasteiger partial charge in [-0.2, -0.15) is 5.10 Å². The lowest BCUT2D eigenvalue weighted by molar-refractivity contribution is 0.0734. The molecule has 0 bridgehead atoms. The summed E-state index contributed by atoms with van der Waals surface area (Å²) in [7, 11) is 0. The summed E-state index contributed by atoms with van der Waals surface area (Å²) < 4.78 is 6.23. The summed E-state index contributed by atoms with van der Waals surface area (Å²) in [5, 5.41) is 3.96. The van der Waals surface area contributed by atoms with Gasteiger partial charge < -0.3 is 4.74 Å². The van der Waals surface area contributed by atoms with E-state index in [1.807, 2.05) is 19.1 Å². The first-order valence-corrected chi connectivity index (χ1v) is 9.28. The lowest BCUT2D eigenvalue weighted by Crippen LogP contribution is -2.17. The number of carbonyl (C=O) groups excluding carboxylic acids is 2. The van der Waals surface area contributed by atoms with Gasteiger partial charge in [0.15, 0.2) is 0 Å². The van der Waals surface area contributed by atoms with Gasteiger partial charge >= 0.3 is 5.97 Å². The van der Waals surface area contributed by atoms with Crippen molar-refractivity contribution in [3.8, 4) is 5.75 Å². The molecule has 0 saturated heterocycles. The first-order chi connectivity index (χ1) is 13.5. The number of halogens is 1. The summed E-state index contributed by atoms with van der Waals surface area (Å²) in [5.41, 5.74) is 5.26. The average Bonchev–Trinajstić information content (AvgIpc) is 2.69. The van der Waals surface area contributed by atoms with Crippen molar-refractivity contribution in [1.82, 2.24) is 5.43 Å². The van der Waals surface area contributed by atoms with Gasteiger partial charge in [-0.05, 0) is 73.2 Å². The van der Waals surface area contributed by atoms with E-state index in [4.69, 9.17) is 4.74 Å². The highest BCUT2D eigenvalue weighted by molar-refractivity contribution is 9.10. The summed E-state index contributed by atoms with van der Waals surface area (Å²) >= 11 is 3.32. The summed E-state index contributed by atoms with van der Waals surface area (Å²) in [6.07, 6.45) is 1.52. The van der Waals surface area contributed by atoms with Crippen molar-refractivity contribution < 1.29 is 14.3 Å². The highest BCUT2D eigenvalue weighted by Crippen LogP contribution is 2.15. The van der Waals surface area contributed by atoms with Crippen LogP contribution >= 0.6 is 15.9 Å². The molecular formula is C22H17BrN2O3. The Hall–Kier alpha value is -3.25. The molecule has 140 valence electrons. The molecule has 3 aromatic rings. The van der Waals surface area contributed by atoms with Gasteiger partial charge in [-0.3, -0.25) is 4.79 Å². The predicted molar refractivity (Wildman–Crippen MR) is 112 cm³/mol. The quantitative estimate of drug-likeness (QED) is 0.271. The van der Waals surface area contributed by atoms with E-state index in [1.165, 1.54) is 6.21 Å². The van der Waals surface area contributed by atoms with E-state index >= 15 is 0 Å². The fraction of sp³-hybridized carbons (Fsp3) is 0.0455. The number of nitrogens with zero attached hydrogens (tertiary/aromatic N) is 1. The minimum atomic E-state index is -0.431. The van der Waals surface area contributed by atoms with Gasteiger partial charge in [-0.1, -0.05) is 33.6 Å². The summed E-state index contributed by atoms with van der Waals surface area (Å²) in [4.78, 5) is 24.1. The topological polar surface area (TPSA) is 67.8 Å². The number of rotatable bonds is 5. The number of ether oxygens (including phenoxy) is 1. The molecule has 0 aliphatic rings. The number of nitrogens with one attached hydrogen (secondary N) is 1. The number of carbonyl (C=O) groups is 2. The summed E-state index contributed by atoms with van der Waals surface area (Å²) in [6, 6.07) is 21.0. The summed E-state index contributed by atoms with van der Waals surface area (Å²) in [6.45, 7) is 1.92. The van der Waals surface area contributed by atoms with Crippen LogP contribution in [0.15, 0.2) is 82.4 Å². The Kier molecular flexibility index (Phi) is 6.34. The van der Waals surface area contributed by atoms with Crippen LogP contribution in [-0.4, -0.2) is 18.1 Å². The van der Waals surface area contributed by atoms with Gasteiger partial charge in [0.25, 0.3) is 5.91 Å². The zero-order valence-electron chi connectivity index (χ0n) is 15.1. The molecule has 1 amide bonds. The molecule has 0 heterocycles. The first-order valence-electron chi connectivity index (χ1n) is 8.49. The lowest BCUT2D eigenvalue weighted by atomic mass is 10.1. The SMILES string of the molecule is Cc1cccc(C(=O)N/N=C/c2ccc(OC(=O)c3ccc(Br)cc3)cc2)c1. The third-order valence-electron chi connectivity index (χ3n) is 3.83. The second-order valence-corrected chi connectivity index (χ2v) is 6.95. The van der Waals surface area contributed by atoms with Crippen LogP contribution in [0.5, 0.6) is 5.75 Å². The zero-order chi connectivity index (χ0) is 19.9. The van der Waals surface area contributed by atoms with E-state index in [-0.39, 0.29) is 5.91 Å². The van der Waals surface area contributed by atoms with Gasteiger partial charge in [-0.15, -0.1) is 0 Å². The van der Waals surface area contributed by atoms with Crippen LogP contribution in [0.1, 0.15) is 31.8 Å². The van der Waals surface area contributed by atoms with Crippen molar-refractivity contribution in [2.24, 2.45) is 5.10 Å². The number of esters is 1. The minimum absolute atomic E-state index is 0.278. The Morgan fingerprint density at radius 3 is 2.36 bits per heavy atom. The van der Waals surface area contributed by atoms with Crippen molar-refractivity contribution in [3.63, 3.8) is 0 Å². The van der Waals surface area contributed by atoms with E-state index < -0.39 is 5.97 Å². The van der Waals surface area contributed by atoms with Crippen molar-refractivity contribution in [2.75, 3.05) is 0 Å². The molecule has 0 fully saturated rings. The number of aryl methyl sites for hydroxylation is 1. The molecule has 0 saturated carbocycles. The average molecular weight is 437 g/mol. The van der Waals surface area contributed by atoms with Crippen LogP contribution in [0.3, 0.4) is 0 Å². The Labute approximate surface area is 171 Å². The number of benzene rings is 3. The lowest BCUT2D eigenvalue weighted by Gasteiger charge is -2.05. The van der Waals surface area contributed by atoms with Crippen molar-refractivity contribution in [1.29, 1.82) is 0 Å². The molecule has 6 heteroatoms. The third-order valence-corrected chi connectivity index (χ3v) is 4.36. The number of hydrazone groups is 1. The van der Waals surface area contributed by atoms with Crippen molar-refractivity contribution in [2.45, 2.75) is 6.92 Å². The first kappa shape index (κ1) is 19.5. The predicted octanol–water partition coefficient (Wildman–Crippen LogP) is 4.74. The molecule has 0 radical (unpaired) electrons. The van der Waals surface area contributed by atoms with Gasteiger partial charge in [0.2, 0.25) is 0 Å². The maximum Gasteiger partial charge on any atom is 0.343 e. The monoisotopic (exact) mass is 436 g/mol. The Bertz CT molecular complexity index is 1010. The highest BCUT2D eigenvalue weighted by Gasteiger charge is 2.08. The molecule has 28 heavy (non-hydrogen) atoms. The Balaban J connectivity index is 1.56. The van der Waals surface area contributed by atoms with Crippen LogP contribution in [0, 0.1) is 6.92 Å². The Morgan fingerprint density at radius 2 is 1.68 bits per heavy atom. The molecule has 0 unspecified atom stereocenters. The molecule has 3 aromatic carbocycles. The molecule has 1 N–H and O–H groups in total. The van der Waals surface area contributed by atoms with E-state index in [0.29, 0.717) is 16.9 Å². The van der Waals surface area contributed by atoms with Crippen molar-refractivity contribution >= 4 is 34.0 Å².